The number of hydrogen-bond donors (Lipinski definition) is 2. The molecule has 0 saturated carbocycles. The molecule has 0 aliphatic carbocycles. The van der Waals surface area contributed by atoms with E-state index >= 15 is 0 Å². The Morgan fingerprint density at radius 1 is 0.733 bits per heavy atom. The van der Waals surface area contributed by atoms with Crippen molar-refractivity contribution < 1.29 is 24.6 Å². The third-order valence-corrected chi connectivity index (χ3v) is 5.81. The molecule has 152 valence electrons. The molecule has 0 aromatic heterocycles. The van der Waals surface area contributed by atoms with Gasteiger partial charge in [0.1, 0.15) is 5.25 Å². The molecule has 6 heteroatoms. The summed E-state index contributed by atoms with van der Waals surface area (Å²) in [6, 6.07) is 23.6. The van der Waals surface area contributed by atoms with Gasteiger partial charge in [-0.05, 0) is 41.7 Å². The summed E-state index contributed by atoms with van der Waals surface area (Å²) in [5, 5.41) is 17.2. The van der Waals surface area contributed by atoms with Gasteiger partial charge in [-0.25, -0.2) is 4.79 Å². The van der Waals surface area contributed by atoms with Crippen LogP contribution in [0.5, 0.6) is 0 Å². The lowest BCUT2D eigenvalue weighted by atomic mass is 10.0. The Hall–Kier alpha value is -3.38. The van der Waals surface area contributed by atoms with Crippen LogP contribution >= 0.6 is 11.8 Å². The van der Waals surface area contributed by atoms with Crippen LogP contribution in [0, 0.1) is 0 Å². The molecular formula is C24H20O5S. The van der Waals surface area contributed by atoms with Crippen LogP contribution in [0.3, 0.4) is 0 Å². The maximum atomic E-state index is 12.5. The zero-order valence-electron chi connectivity index (χ0n) is 16.0. The number of aryl methyl sites for hydroxylation is 1. The van der Waals surface area contributed by atoms with E-state index < -0.39 is 22.3 Å². The molecule has 30 heavy (non-hydrogen) atoms. The fourth-order valence-electron chi connectivity index (χ4n) is 3.07. The monoisotopic (exact) mass is 420 g/mol. The molecule has 3 aromatic rings. The lowest BCUT2D eigenvalue weighted by Crippen LogP contribution is -2.20. The highest BCUT2D eigenvalue weighted by atomic mass is 32.2. The molecule has 1 unspecified atom stereocenters. The topological polar surface area (TPSA) is 91.7 Å². The number of aromatic carboxylic acids is 1. The molecule has 0 aliphatic heterocycles. The second-order valence-electron chi connectivity index (χ2n) is 6.68. The average Bonchev–Trinajstić information content (AvgIpc) is 2.77. The SMILES string of the molecule is O=C(O)c1ccccc1C(=O)SC(CCc1ccc(-c2ccccc2)cc1)C(=O)O. The van der Waals surface area contributed by atoms with Crippen LogP contribution in [0.2, 0.25) is 0 Å². The first-order valence-electron chi connectivity index (χ1n) is 9.36. The van der Waals surface area contributed by atoms with Crippen molar-refractivity contribution in [2.45, 2.75) is 18.1 Å². The molecule has 0 amide bonds. The van der Waals surface area contributed by atoms with Crippen LogP contribution in [-0.2, 0) is 11.2 Å². The minimum Gasteiger partial charge on any atom is -0.480 e. The quantitative estimate of drug-likeness (QED) is 0.532. The molecule has 5 nitrogen and oxygen atoms in total. The van der Waals surface area contributed by atoms with Gasteiger partial charge < -0.3 is 10.2 Å². The lowest BCUT2D eigenvalue weighted by molar-refractivity contribution is -0.136. The first-order chi connectivity index (χ1) is 14.5. The predicted molar refractivity (Wildman–Crippen MR) is 117 cm³/mol. The Balaban J connectivity index is 1.66. The fourth-order valence-corrected chi connectivity index (χ4v) is 3.97. The number of carboxylic acids is 2. The van der Waals surface area contributed by atoms with Crippen molar-refractivity contribution in [1.82, 2.24) is 0 Å². The van der Waals surface area contributed by atoms with E-state index in [2.05, 4.69) is 0 Å². The predicted octanol–water partition coefficient (Wildman–Crippen LogP) is 5.01. The van der Waals surface area contributed by atoms with Crippen LogP contribution in [0.4, 0.5) is 0 Å². The van der Waals surface area contributed by atoms with E-state index in [4.69, 9.17) is 0 Å². The van der Waals surface area contributed by atoms with Crippen LogP contribution < -0.4 is 0 Å². The molecule has 0 radical (unpaired) electrons. The molecule has 1 atom stereocenters. The first kappa shape index (κ1) is 21.3. The summed E-state index contributed by atoms with van der Waals surface area (Å²) in [6.07, 6.45) is 0.749. The highest BCUT2D eigenvalue weighted by molar-refractivity contribution is 8.15. The number of aliphatic carboxylic acids is 1. The third-order valence-electron chi connectivity index (χ3n) is 4.66. The normalized spacial score (nSPS) is 11.6. The highest BCUT2D eigenvalue weighted by Crippen LogP contribution is 2.25. The largest absolute Gasteiger partial charge is 0.480 e. The molecule has 0 bridgehead atoms. The molecule has 0 fully saturated rings. The Kier molecular flexibility index (Phi) is 7.03. The van der Waals surface area contributed by atoms with Gasteiger partial charge in [-0.3, -0.25) is 9.59 Å². The van der Waals surface area contributed by atoms with Crippen molar-refractivity contribution in [2.75, 3.05) is 0 Å². The summed E-state index contributed by atoms with van der Waals surface area (Å²) in [4.78, 5) is 35.5. The van der Waals surface area contributed by atoms with Crippen molar-refractivity contribution in [1.29, 1.82) is 0 Å². The number of thioether (sulfide) groups is 1. The zero-order chi connectivity index (χ0) is 21.5. The maximum Gasteiger partial charge on any atom is 0.336 e. The second kappa shape index (κ2) is 9.89. The minimum absolute atomic E-state index is 0.00784. The molecule has 0 heterocycles. The second-order valence-corrected chi connectivity index (χ2v) is 7.86. The molecular weight excluding hydrogens is 400 g/mol. The Morgan fingerprint density at radius 3 is 1.90 bits per heavy atom. The summed E-state index contributed by atoms with van der Waals surface area (Å²) in [7, 11) is 0. The fraction of sp³-hybridized carbons (Fsp3) is 0.125. The van der Waals surface area contributed by atoms with Crippen LogP contribution in [-0.4, -0.2) is 32.5 Å². The van der Waals surface area contributed by atoms with E-state index in [1.807, 2.05) is 54.6 Å². The van der Waals surface area contributed by atoms with Crippen LogP contribution in [0.1, 0.15) is 32.7 Å². The minimum atomic E-state index is -1.22. The number of carbonyl (C=O) groups excluding carboxylic acids is 1. The number of hydrogen-bond acceptors (Lipinski definition) is 4. The highest BCUT2D eigenvalue weighted by Gasteiger charge is 2.25. The molecule has 0 saturated heterocycles. The average molecular weight is 420 g/mol. The third kappa shape index (κ3) is 5.36. The standard InChI is InChI=1S/C24H20O5S/c25-22(26)19-8-4-5-9-20(19)24(29)30-21(23(27)28)15-12-16-10-13-18(14-11-16)17-6-2-1-3-7-17/h1-11,13-14,21H,12,15H2,(H,25,26)(H,27,28). The van der Waals surface area contributed by atoms with Crippen LogP contribution in [0.15, 0.2) is 78.9 Å². The molecule has 0 aliphatic rings. The smallest absolute Gasteiger partial charge is 0.336 e. The molecule has 0 spiro atoms. The van der Waals surface area contributed by atoms with Gasteiger partial charge in [-0.1, -0.05) is 78.5 Å². The van der Waals surface area contributed by atoms with Gasteiger partial charge in [0.25, 0.3) is 0 Å². The summed E-state index contributed by atoms with van der Waals surface area (Å²) in [6.45, 7) is 0. The summed E-state index contributed by atoms with van der Waals surface area (Å²) in [5.74, 6) is -2.31. The summed E-state index contributed by atoms with van der Waals surface area (Å²) < 4.78 is 0. The number of carboxylic acid groups (broad SMARTS) is 2. The number of rotatable bonds is 8. The van der Waals surface area contributed by atoms with Crippen molar-refractivity contribution in [2.24, 2.45) is 0 Å². The van der Waals surface area contributed by atoms with Gasteiger partial charge in [0.15, 0.2) is 0 Å². The Bertz CT molecular complexity index is 1040. The Labute approximate surface area is 178 Å². The lowest BCUT2D eigenvalue weighted by Gasteiger charge is -2.12. The Morgan fingerprint density at radius 2 is 1.30 bits per heavy atom. The summed E-state index contributed by atoms with van der Waals surface area (Å²) in [5.41, 5.74) is 3.03. The van der Waals surface area contributed by atoms with Crippen molar-refractivity contribution in [3.05, 3.63) is 95.6 Å². The van der Waals surface area contributed by atoms with Crippen LogP contribution in [0.25, 0.3) is 11.1 Å². The van der Waals surface area contributed by atoms with Crippen molar-refractivity contribution in [3.63, 3.8) is 0 Å². The van der Waals surface area contributed by atoms with Gasteiger partial charge >= 0.3 is 11.9 Å². The number of benzene rings is 3. The first-order valence-corrected chi connectivity index (χ1v) is 10.2. The van der Waals surface area contributed by atoms with Crippen molar-refractivity contribution in [3.8, 4) is 11.1 Å². The molecule has 3 aromatic carbocycles. The van der Waals surface area contributed by atoms with E-state index in [0.717, 1.165) is 16.7 Å². The van der Waals surface area contributed by atoms with E-state index in [9.17, 15) is 24.6 Å². The zero-order valence-corrected chi connectivity index (χ0v) is 16.8. The van der Waals surface area contributed by atoms with E-state index in [-0.39, 0.29) is 17.5 Å². The van der Waals surface area contributed by atoms with Gasteiger partial charge in [-0.15, -0.1) is 0 Å². The van der Waals surface area contributed by atoms with Gasteiger partial charge in [0, 0.05) is 5.56 Å². The summed E-state index contributed by atoms with van der Waals surface area (Å²) >= 11 is 0.655. The van der Waals surface area contributed by atoms with E-state index in [1.54, 1.807) is 6.07 Å². The van der Waals surface area contributed by atoms with Crippen molar-refractivity contribution >= 4 is 28.8 Å². The van der Waals surface area contributed by atoms with Gasteiger partial charge in [0.2, 0.25) is 5.12 Å². The van der Waals surface area contributed by atoms with E-state index in [0.29, 0.717) is 18.2 Å². The van der Waals surface area contributed by atoms with E-state index in [1.165, 1.54) is 18.2 Å². The maximum absolute atomic E-state index is 12.5. The van der Waals surface area contributed by atoms with Gasteiger partial charge in [0.05, 0.1) is 5.56 Å². The van der Waals surface area contributed by atoms with Gasteiger partial charge in [-0.2, -0.15) is 0 Å². The number of carbonyl (C=O) groups is 3. The molecule has 2 N–H and O–H groups in total. The molecule has 3 rings (SSSR count).